The highest BCUT2D eigenvalue weighted by molar-refractivity contribution is 7.84. The van der Waals surface area contributed by atoms with Crippen LogP contribution in [0.1, 0.15) is 47.0 Å². The van der Waals surface area contributed by atoms with E-state index in [1.165, 1.54) is 6.42 Å². The van der Waals surface area contributed by atoms with Crippen molar-refractivity contribution >= 4 is 10.8 Å². The molecule has 0 aliphatic rings. The lowest BCUT2D eigenvalue weighted by Gasteiger charge is -2.15. The highest BCUT2D eigenvalue weighted by Gasteiger charge is 2.06. The first-order chi connectivity index (χ1) is 7.10. The summed E-state index contributed by atoms with van der Waals surface area (Å²) in [5.41, 5.74) is 0. The Bertz CT molecular complexity index is 171. The minimum absolute atomic E-state index is 0.557. The van der Waals surface area contributed by atoms with Crippen LogP contribution in [0, 0.1) is 5.92 Å². The lowest BCUT2D eigenvalue weighted by molar-refractivity contribution is 0.476. The Morgan fingerprint density at radius 1 is 1.27 bits per heavy atom. The smallest absolute Gasteiger partial charge is 0.0257 e. The predicted octanol–water partition coefficient (Wildman–Crippen LogP) is 2.56. The van der Waals surface area contributed by atoms with E-state index in [-0.39, 0.29) is 0 Å². The van der Waals surface area contributed by atoms with Crippen molar-refractivity contribution in [3.8, 4) is 0 Å². The van der Waals surface area contributed by atoms with Crippen molar-refractivity contribution in [2.45, 2.75) is 53.0 Å². The molecule has 0 radical (unpaired) electrons. The van der Waals surface area contributed by atoms with Gasteiger partial charge in [-0.25, -0.2) is 0 Å². The van der Waals surface area contributed by atoms with E-state index >= 15 is 0 Å². The van der Waals surface area contributed by atoms with Crippen molar-refractivity contribution < 1.29 is 4.21 Å². The Kier molecular flexibility index (Phi) is 9.41. The third kappa shape index (κ3) is 9.06. The van der Waals surface area contributed by atoms with Crippen LogP contribution in [0.4, 0.5) is 0 Å². The zero-order valence-electron chi connectivity index (χ0n) is 10.7. The van der Waals surface area contributed by atoms with Gasteiger partial charge >= 0.3 is 0 Å². The Hall–Kier alpha value is 0.110. The van der Waals surface area contributed by atoms with Crippen LogP contribution in [0.2, 0.25) is 0 Å². The second kappa shape index (κ2) is 9.34. The van der Waals surface area contributed by atoms with E-state index < -0.39 is 10.8 Å². The zero-order chi connectivity index (χ0) is 11.7. The summed E-state index contributed by atoms with van der Waals surface area (Å²) in [7, 11) is -0.600. The summed E-state index contributed by atoms with van der Waals surface area (Å²) in [6.07, 6.45) is 3.42. The molecule has 0 rings (SSSR count). The Balaban J connectivity index is 3.54. The van der Waals surface area contributed by atoms with E-state index in [0.717, 1.165) is 30.9 Å². The van der Waals surface area contributed by atoms with Crippen molar-refractivity contribution in [3.05, 3.63) is 0 Å². The molecule has 2 unspecified atom stereocenters. The minimum Gasteiger partial charge on any atom is -0.314 e. The van der Waals surface area contributed by atoms with E-state index in [2.05, 4.69) is 33.0 Å². The van der Waals surface area contributed by atoms with Gasteiger partial charge in [0, 0.05) is 28.3 Å². The topological polar surface area (TPSA) is 29.1 Å². The third-order valence-electron chi connectivity index (χ3n) is 2.43. The molecule has 1 N–H and O–H groups in total. The molecule has 2 atom stereocenters. The molecule has 0 aromatic rings. The molecule has 0 aliphatic carbocycles. The molecule has 0 amide bonds. The molecule has 0 aliphatic heterocycles. The number of hydrogen-bond acceptors (Lipinski definition) is 2. The van der Waals surface area contributed by atoms with Crippen LogP contribution >= 0.6 is 0 Å². The molecular weight excluding hydrogens is 206 g/mol. The van der Waals surface area contributed by atoms with Gasteiger partial charge in [0.1, 0.15) is 0 Å². The van der Waals surface area contributed by atoms with Gasteiger partial charge in [0.05, 0.1) is 0 Å². The molecule has 2 nitrogen and oxygen atoms in total. The van der Waals surface area contributed by atoms with Gasteiger partial charge in [-0.2, -0.15) is 0 Å². The predicted molar refractivity (Wildman–Crippen MR) is 69.7 cm³/mol. The van der Waals surface area contributed by atoms with Crippen molar-refractivity contribution in [3.63, 3.8) is 0 Å². The van der Waals surface area contributed by atoms with Gasteiger partial charge in [0.15, 0.2) is 0 Å². The van der Waals surface area contributed by atoms with Gasteiger partial charge < -0.3 is 5.32 Å². The van der Waals surface area contributed by atoms with Gasteiger partial charge in [0.25, 0.3) is 0 Å². The molecule has 92 valence electrons. The first-order valence-electron chi connectivity index (χ1n) is 6.18. The lowest BCUT2D eigenvalue weighted by Crippen LogP contribution is -2.28. The van der Waals surface area contributed by atoms with Crippen molar-refractivity contribution in [2.24, 2.45) is 5.92 Å². The SMILES string of the molecule is CCNC(CC)CCCS(=O)CC(C)C. The summed E-state index contributed by atoms with van der Waals surface area (Å²) in [6.45, 7) is 9.64. The first-order valence-corrected chi connectivity index (χ1v) is 7.67. The van der Waals surface area contributed by atoms with Crippen molar-refractivity contribution in [1.29, 1.82) is 0 Å². The number of hydrogen-bond donors (Lipinski definition) is 1. The van der Waals surface area contributed by atoms with E-state index in [4.69, 9.17) is 0 Å². The molecule has 0 saturated carbocycles. The van der Waals surface area contributed by atoms with Crippen LogP contribution in [0.25, 0.3) is 0 Å². The second-order valence-corrected chi connectivity index (χ2v) is 6.13. The maximum absolute atomic E-state index is 11.6. The van der Waals surface area contributed by atoms with Crippen molar-refractivity contribution in [1.82, 2.24) is 5.32 Å². The molecule has 0 spiro atoms. The molecule has 0 fully saturated rings. The van der Waals surface area contributed by atoms with Crippen LogP contribution in [-0.2, 0) is 10.8 Å². The molecule has 0 bridgehead atoms. The van der Waals surface area contributed by atoms with Gasteiger partial charge in [0.2, 0.25) is 0 Å². The second-order valence-electron chi connectivity index (χ2n) is 4.51. The minimum atomic E-state index is -0.600. The standard InChI is InChI=1S/C12H27NOS/c1-5-12(13-6-2)8-7-9-15(14)10-11(3)4/h11-13H,5-10H2,1-4H3. The fourth-order valence-electron chi connectivity index (χ4n) is 1.69. The maximum atomic E-state index is 11.6. The molecular formula is C12H27NOS. The van der Waals surface area contributed by atoms with E-state index in [1.54, 1.807) is 0 Å². The fourth-order valence-corrected chi connectivity index (χ4v) is 3.08. The van der Waals surface area contributed by atoms with Gasteiger partial charge in [-0.1, -0.05) is 27.7 Å². The maximum Gasteiger partial charge on any atom is 0.0257 e. The molecule has 0 saturated heterocycles. The van der Waals surface area contributed by atoms with Gasteiger partial charge in [-0.15, -0.1) is 0 Å². The fraction of sp³-hybridized carbons (Fsp3) is 1.00. The lowest BCUT2D eigenvalue weighted by atomic mass is 10.1. The summed E-state index contributed by atoms with van der Waals surface area (Å²) in [6, 6.07) is 0.617. The van der Waals surface area contributed by atoms with Crippen LogP contribution in [0.15, 0.2) is 0 Å². The van der Waals surface area contributed by atoms with Crippen LogP contribution in [-0.4, -0.2) is 28.3 Å². The number of rotatable bonds is 9. The third-order valence-corrected chi connectivity index (χ3v) is 4.21. The largest absolute Gasteiger partial charge is 0.314 e. The van der Waals surface area contributed by atoms with Crippen LogP contribution < -0.4 is 5.32 Å². The molecule has 0 aromatic carbocycles. The molecule has 0 heterocycles. The van der Waals surface area contributed by atoms with Crippen molar-refractivity contribution in [2.75, 3.05) is 18.1 Å². The van der Waals surface area contributed by atoms with Gasteiger partial charge in [-0.3, -0.25) is 4.21 Å². The molecule has 0 aromatic heterocycles. The van der Waals surface area contributed by atoms with Gasteiger partial charge in [-0.05, 0) is 31.7 Å². The summed E-state index contributed by atoms with van der Waals surface area (Å²) >= 11 is 0. The highest BCUT2D eigenvalue weighted by atomic mass is 32.2. The van der Waals surface area contributed by atoms with E-state index in [9.17, 15) is 4.21 Å². The van der Waals surface area contributed by atoms with E-state index in [0.29, 0.717) is 12.0 Å². The van der Waals surface area contributed by atoms with Crippen LogP contribution in [0.5, 0.6) is 0 Å². The molecule has 15 heavy (non-hydrogen) atoms. The molecule has 3 heteroatoms. The monoisotopic (exact) mass is 233 g/mol. The summed E-state index contributed by atoms with van der Waals surface area (Å²) < 4.78 is 11.6. The number of nitrogens with one attached hydrogen (secondary N) is 1. The first kappa shape index (κ1) is 15.1. The average Bonchev–Trinajstić information content (AvgIpc) is 2.15. The van der Waals surface area contributed by atoms with E-state index in [1.807, 2.05) is 0 Å². The average molecular weight is 233 g/mol. The summed E-state index contributed by atoms with van der Waals surface area (Å²) in [5, 5.41) is 3.45. The zero-order valence-corrected chi connectivity index (χ0v) is 11.5. The summed E-state index contributed by atoms with van der Waals surface area (Å²) in [4.78, 5) is 0. The quantitative estimate of drug-likeness (QED) is 0.663. The Labute approximate surface area is 97.7 Å². The summed E-state index contributed by atoms with van der Waals surface area (Å²) in [5.74, 6) is 2.29. The van der Waals surface area contributed by atoms with Crippen LogP contribution in [0.3, 0.4) is 0 Å². The Morgan fingerprint density at radius 3 is 2.40 bits per heavy atom. The highest BCUT2D eigenvalue weighted by Crippen LogP contribution is 2.04. The Morgan fingerprint density at radius 2 is 1.93 bits per heavy atom. The normalized spacial score (nSPS) is 15.5.